The second-order valence-corrected chi connectivity index (χ2v) is 8.93. The van der Waals surface area contributed by atoms with Gasteiger partial charge in [0.15, 0.2) is 5.78 Å². The monoisotopic (exact) mass is 498 g/mol. The molecule has 1 unspecified atom stereocenters. The van der Waals surface area contributed by atoms with Gasteiger partial charge >= 0.3 is 12.1 Å². The summed E-state index contributed by atoms with van der Waals surface area (Å²) in [5, 5.41) is 0. The summed E-state index contributed by atoms with van der Waals surface area (Å²) >= 11 is 0. The van der Waals surface area contributed by atoms with Gasteiger partial charge in [0, 0.05) is 23.8 Å². The van der Waals surface area contributed by atoms with Crippen molar-refractivity contribution in [1.82, 2.24) is 0 Å². The second-order valence-electron chi connectivity index (χ2n) is 8.93. The van der Waals surface area contributed by atoms with Gasteiger partial charge in [-0.2, -0.15) is 13.2 Å². The largest absolute Gasteiger partial charge is 0.455 e. The average Bonchev–Trinajstić information content (AvgIpc) is 2.87. The van der Waals surface area contributed by atoms with Crippen LogP contribution in [0.5, 0.6) is 0 Å². The molecule has 7 heteroatoms. The van der Waals surface area contributed by atoms with Crippen LogP contribution in [-0.2, 0) is 19.9 Å². The van der Waals surface area contributed by atoms with Crippen LogP contribution in [0, 0.1) is 5.92 Å². The molecule has 0 aliphatic carbocycles. The number of ketones is 1. The number of ether oxygens (including phenoxy) is 2. The fourth-order valence-electron chi connectivity index (χ4n) is 3.98. The number of esters is 1. The highest BCUT2D eigenvalue weighted by Gasteiger charge is 2.64. The summed E-state index contributed by atoms with van der Waals surface area (Å²) in [5.74, 6) is -1.49. The van der Waals surface area contributed by atoms with Gasteiger partial charge in [0.1, 0.15) is 6.10 Å². The number of alkyl halides is 3. The van der Waals surface area contributed by atoms with E-state index < -0.39 is 23.9 Å². The minimum Gasteiger partial charge on any atom is -0.455 e. The van der Waals surface area contributed by atoms with Gasteiger partial charge in [0.2, 0.25) is 0 Å². The number of hydrogen-bond donors (Lipinski definition) is 0. The van der Waals surface area contributed by atoms with Crippen molar-refractivity contribution in [2.24, 2.45) is 5.92 Å². The lowest BCUT2D eigenvalue weighted by Gasteiger charge is -2.34. The first kappa shape index (κ1) is 27.1. The third kappa shape index (κ3) is 5.85. The van der Waals surface area contributed by atoms with Crippen molar-refractivity contribution in [3.8, 4) is 0 Å². The molecule has 0 amide bonds. The number of methoxy groups -OCH3 is 1. The standard InChI is InChI=1S/C29H29F3O4/c1-20(2)14-19-25(21-15-17-23(18-16-21)26(33)22-10-6-4-7-11-22)36-27(34)28(35-3,29(30,31)32)24-12-8-5-9-13-24/h4-13,15-18,20,25H,14,19H2,1-3H3/t25?,28-/m0/s1. The third-order valence-corrected chi connectivity index (χ3v) is 6.01. The van der Waals surface area contributed by atoms with Crippen LogP contribution < -0.4 is 0 Å². The molecule has 0 radical (unpaired) electrons. The van der Waals surface area contributed by atoms with Gasteiger partial charge in [-0.05, 0) is 24.3 Å². The number of halogens is 3. The van der Waals surface area contributed by atoms with Gasteiger partial charge in [-0.3, -0.25) is 4.79 Å². The van der Waals surface area contributed by atoms with Crippen LogP contribution >= 0.6 is 0 Å². The van der Waals surface area contributed by atoms with E-state index >= 15 is 0 Å². The molecular weight excluding hydrogens is 469 g/mol. The van der Waals surface area contributed by atoms with Gasteiger partial charge in [0.25, 0.3) is 5.60 Å². The van der Waals surface area contributed by atoms with Gasteiger partial charge in [-0.1, -0.05) is 98.8 Å². The van der Waals surface area contributed by atoms with Crippen molar-refractivity contribution in [2.75, 3.05) is 7.11 Å². The molecule has 36 heavy (non-hydrogen) atoms. The molecule has 0 heterocycles. The van der Waals surface area contributed by atoms with E-state index in [1.54, 1.807) is 54.6 Å². The number of benzene rings is 3. The van der Waals surface area contributed by atoms with E-state index in [-0.39, 0.29) is 17.3 Å². The molecule has 0 N–H and O–H groups in total. The van der Waals surface area contributed by atoms with Crippen molar-refractivity contribution >= 4 is 11.8 Å². The Kier molecular flexibility index (Phi) is 8.69. The van der Waals surface area contributed by atoms with Crippen molar-refractivity contribution in [1.29, 1.82) is 0 Å². The molecule has 2 atom stereocenters. The Bertz CT molecular complexity index is 1140. The number of hydrogen-bond acceptors (Lipinski definition) is 4. The zero-order valence-corrected chi connectivity index (χ0v) is 20.4. The maximum absolute atomic E-state index is 14.3. The summed E-state index contributed by atoms with van der Waals surface area (Å²) in [6.07, 6.45) is -5.10. The third-order valence-electron chi connectivity index (χ3n) is 6.01. The zero-order valence-electron chi connectivity index (χ0n) is 20.4. The number of rotatable bonds is 10. The van der Waals surface area contributed by atoms with E-state index in [4.69, 9.17) is 9.47 Å². The molecule has 3 rings (SSSR count). The Morgan fingerprint density at radius 3 is 1.81 bits per heavy atom. The van der Waals surface area contributed by atoms with Crippen LogP contribution in [0.1, 0.15) is 59.8 Å². The summed E-state index contributed by atoms with van der Waals surface area (Å²) in [5.41, 5.74) is -2.20. The lowest BCUT2D eigenvalue weighted by molar-refractivity contribution is -0.278. The normalized spacial score (nSPS) is 14.2. The first-order valence-electron chi connectivity index (χ1n) is 11.7. The molecule has 3 aromatic carbocycles. The Labute approximate surface area is 209 Å². The molecule has 0 saturated carbocycles. The molecule has 4 nitrogen and oxygen atoms in total. The molecular formula is C29H29F3O4. The fraction of sp³-hybridized carbons (Fsp3) is 0.310. The molecule has 0 aliphatic rings. The van der Waals surface area contributed by atoms with E-state index in [9.17, 15) is 22.8 Å². The number of carbonyl (C=O) groups excluding carboxylic acids is 2. The molecule has 0 bridgehead atoms. The second kappa shape index (κ2) is 11.5. The predicted molar refractivity (Wildman–Crippen MR) is 130 cm³/mol. The maximum atomic E-state index is 14.3. The van der Waals surface area contributed by atoms with Crippen LogP contribution in [0.4, 0.5) is 13.2 Å². The Morgan fingerprint density at radius 2 is 1.31 bits per heavy atom. The molecule has 0 aromatic heterocycles. The highest BCUT2D eigenvalue weighted by atomic mass is 19.4. The van der Waals surface area contributed by atoms with Crippen LogP contribution in [-0.4, -0.2) is 25.0 Å². The van der Waals surface area contributed by atoms with Gasteiger partial charge in [0.05, 0.1) is 0 Å². The van der Waals surface area contributed by atoms with Crippen LogP contribution in [0.25, 0.3) is 0 Å². The summed E-state index contributed by atoms with van der Waals surface area (Å²) in [7, 11) is 0.842. The average molecular weight is 499 g/mol. The lowest BCUT2D eigenvalue weighted by Crippen LogP contribution is -2.52. The smallest absolute Gasteiger partial charge is 0.432 e. The molecule has 3 aromatic rings. The molecule has 0 saturated heterocycles. The van der Waals surface area contributed by atoms with Crippen molar-refractivity contribution in [3.63, 3.8) is 0 Å². The summed E-state index contributed by atoms with van der Waals surface area (Å²) < 4.78 is 53.4. The van der Waals surface area contributed by atoms with E-state index in [2.05, 4.69) is 0 Å². The van der Waals surface area contributed by atoms with Gasteiger partial charge in [-0.25, -0.2) is 4.79 Å². The Morgan fingerprint density at radius 1 is 0.778 bits per heavy atom. The molecule has 0 fully saturated rings. The topological polar surface area (TPSA) is 52.6 Å². The summed E-state index contributed by atoms with van der Waals surface area (Å²) in [4.78, 5) is 25.9. The van der Waals surface area contributed by atoms with Gasteiger partial charge in [-0.15, -0.1) is 0 Å². The quantitative estimate of drug-likeness (QED) is 0.222. The van der Waals surface area contributed by atoms with Gasteiger partial charge < -0.3 is 9.47 Å². The van der Waals surface area contributed by atoms with Crippen molar-refractivity contribution in [3.05, 3.63) is 107 Å². The Hall–Kier alpha value is -3.45. The number of carbonyl (C=O) groups is 2. The minimum absolute atomic E-state index is 0.183. The summed E-state index contributed by atoms with van der Waals surface area (Å²) in [6, 6.07) is 21.9. The SMILES string of the molecule is CO[C@](C(=O)OC(CCC(C)C)c1ccc(C(=O)c2ccccc2)cc1)(c1ccccc1)C(F)(F)F. The van der Waals surface area contributed by atoms with E-state index in [0.717, 1.165) is 7.11 Å². The lowest BCUT2D eigenvalue weighted by atomic mass is 9.92. The van der Waals surface area contributed by atoms with Crippen molar-refractivity contribution in [2.45, 2.75) is 44.6 Å². The molecule has 0 spiro atoms. The van der Waals surface area contributed by atoms with E-state index in [1.165, 1.54) is 24.3 Å². The molecule has 0 aliphatic heterocycles. The highest BCUT2D eigenvalue weighted by molar-refractivity contribution is 6.08. The maximum Gasteiger partial charge on any atom is 0.432 e. The van der Waals surface area contributed by atoms with E-state index in [0.29, 0.717) is 29.5 Å². The fourth-order valence-corrected chi connectivity index (χ4v) is 3.98. The minimum atomic E-state index is -5.06. The van der Waals surface area contributed by atoms with Crippen LogP contribution in [0.15, 0.2) is 84.9 Å². The predicted octanol–water partition coefficient (Wildman–Crippen LogP) is 7.04. The Balaban J connectivity index is 1.93. The summed E-state index contributed by atoms with van der Waals surface area (Å²) in [6.45, 7) is 3.94. The highest BCUT2D eigenvalue weighted by Crippen LogP contribution is 2.44. The first-order chi connectivity index (χ1) is 17.1. The van der Waals surface area contributed by atoms with Crippen LogP contribution in [0.2, 0.25) is 0 Å². The zero-order chi connectivity index (χ0) is 26.3. The molecule has 190 valence electrons. The van der Waals surface area contributed by atoms with E-state index in [1.807, 2.05) is 19.9 Å². The van der Waals surface area contributed by atoms with Crippen molar-refractivity contribution < 1.29 is 32.2 Å². The first-order valence-corrected chi connectivity index (χ1v) is 11.7. The van der Waals surface area contributed by atoms with Crippen LogP contribution in [0.3, 0.4) is 0 Å².